The van der Waals surface area contributed by atoms with Crippen LogP contribution in [0.1, 0.15) is 12.8 Å². The lowest BCUT2D eigenvalue weighted by atomic mass is 10.4. The van der Waals surface area contributed by atoms with Crippen molar-refractivity contribution in [2.75, 3.05) is 13.2 Å². The first-order chi connectivity index (χ1) is 6.47. The van der Waals surface area contributed by atoms with Crippen molar-refractivity contribution in [3.8, 4) is 0 Å². The van der Waals surface area contributed by atoms with Gasteiger partial charge in [0.15, 0.2) is 6.54 Å². The number of quaternary nitrogens is 1. The molecule has 7 heteroatoms. The van der Waals surface area contributed by atoms with Crippen molar-refractivity contribution in [1.29, 1.82) is 0 Å². The zero-order valence-corrected chi connectivity index (χ0v) is 7.30. The van der Waals surface area contributed by atoms with Gasteiger partial charge in [-0.15, -0.1) is 0 Å². The molecule has 1 aliphatic heterocycles. The quantitative estimate of drug-likeness (QED) is 0.284. The lowest BCUT2D eigenvalue weighted by molar-refractivity contribution is -0.971. The van der Waals surface area contributed by atoms with Gasteiger partial charge < -0.3 is 9.84 Å². The average molecular weight is 204 g/mol. The van der Waals surface area contributed by atoms with Gasteiger partial charge in [0, 0.05) is 0 Å². The Balaban J connectivity index is 2.52. The molecule has 1 fully saturated rings. The fraction of sp³-hybridized carbons (Fsp3) is 0.571. The van der Waals surface area contributed by atoms with Crippen LogP contribution in [0.25, 0.3) is 0 Å². The normalized spacial score (nSPS) is 19.8. The number of carboxylic acid groups (broad SMARTS) is 1. The Kier molecular flexibility index (Phi) is 2.82. The predicted octanol–water partition coefficient (Wildman–Crippen LogP) is -0.266. The third-order valence-corrected chi connectivity index (χ3v) is 2.02. The molecule has 1 rings (SSSR count). The molecule has 1 saturated heterocycles. The molecule has 0 aromatic heterocycles. The van der Waals surface area contributed by atoms with Crippen LogP contribution in [-0.2, 0) is 14.3 Å². The highest BCUT2D eigenvalue weighted by atomic mass is 16.7. The molecule has 0 spiro atoms. The van der Waals surface area contributed by atoms with E-state index in [1.807, 2.05) is 0 Å². The van der Waals surface area contributed by atoms with Crippen LogP contribution >= 0.6 is 0 Å². The minimum atomic E-state index is -1.50. The highest BCUT2D eigenvalue weighted by molar-refractivity contribution is 5.90. The first-order valence-corrected chi connectivity index (χ1v) is 4.00. The number of hydroxylamine groups is 3. The molecule has 2 amide bonds. The summed E-state index contributed by atoms with van der Waals surface area (Å²) in [5.74, 6) is -1.24. The summed E-state index contributed by atoms with van der Waals surface area (Å²) in [6, 6.07) is 0. The molecule has 0 aliphatic carbocycles. The summed E-state index contributed by atoms with van der Waals surface area (Å²) in [5.41, 5.74) is 0. The molecule has 0 saturated carbocycles. The van der Waals surface area contributed by atoms with Gasteiger partial charge in [-0.25, -0.2) is 19.6 Å². The van der Waals surface area contributed by atoms with Crippen molar-refractivity contribution >= 4 is 18.0 Å². The molecular formula is C7H10NO6+. The summed E-state index contributed by atoms with van der Waals surface area (Å²) in [5, 5.41) is 17.6. The fourth-order valence-corrected chi connectivity index (χ4v) is 1.24. The van der Waals surface area contributed by atoms with E-state index < -0.39 is 22.6 Å². The molecule has 1 heterocycles. The van der Waals surface area contributed by atoms with Crippen molar-refractivity contribution in [1.82, 2.24) is 0 Å². The van der Waals surface area contributed by atoms with Gasteiger partial charge in [-0.2, -0.15) is 0 Å². The average Bonchev–Trinajstić information content (AvgIpc) is 2.33. The van der Waals surface area contributed by atoms with E-state index in [9.17, 15) is 19.6 Å². The molecule has 0 unspecified atom stereocenters. The van der Waals surface area contributed by atoms with Crippen molar-refractivity contribution in [2.45, 2.75) is 12.8 Å². The van der Waals surface area contributed by atoms with Gasteiger partial charge in [-0.1, -0.05) is 4.65 Å². The molecular weight excluding hydrogens is 194 g/mol. The van der Waals surface area contributed by atoms with Crippen LogP contribution in [0.5, 0.6) is 0 Å². The second kappa shape index (κ2) is 3.72. The standard InChI is InChI=1S/C7H9NO6/c9-5-1-2-6(10)8(5,13)3-4-14-7(11)12/h13H,1-4H2/p+1. The monoisotopic (exact) mass is 204 g/mol. The highest BCUT2D eigenvalue weighted by Crippen LogP contribution is 2.19. The van der Waals surface area contributed by atoms with Crippen molar-refractivity contribution in [3.05, 3.63) is 0 Å². The Labute approximate surface area is 79.0 Å². The number of likely N-dealkylation sites (tertiary alicyclic amines) is 1. The van der Waals surface area contributed by atoms with Crippen molar-refractivity contribution < 1.29 is 34.1 Å². The number of amides is 2. The van der Waals surface area contributed by atoms with Gasteiger partial charge >= 0.3 is 18.0 Å². The van der Waals surface area contributed by atoms with E-state index in [-0.39, 0.29) is 26.0 Å². The van der Waals surface area contributed by atoms with E-state index in [4.69, 9.17) is 5.11 Å². The first-order valence-electron chi connectivity index (χ1n) is 4.00. The third-order valence-electron chi connectivity index (χ3n) is 2.02. The Hall–Kier alpha value is -1.47. The summed E-state index contributed by atoms with van der Waals surface area (Å²) in [6.07, 6.45) is -1.53. The van der Waals surface area contributed by atoms with Crippen LogP contribution in [0.3, 0.4) is 0 Å². The van der Waals surface area contributed by atoms with E-state index in [0.29, 0.717) is 0 Å². The number of carbonyl (C=O) groups is 3. The minimum absolute atomic E-state index is 0.0115. The van der Waals surface area contributed by atoms with Crippen molar-refractivity contribution in [3.63, 3.8) is 0 Å². The third kappa shape index (κ3) is 1.88. The summed E-state index contributed by atoms with van der Waals surface area (Å²) in [6.45, 7) is -0.743. The highest BCUT2D eigenvalue weighted by Gasteiger charge is 2.49. The van der Waals surface area contributed by atoms with Gasteiger partial charge in [0.05, 0.1) is 12.8 Å². The van der Waals surface area contributed by atoms with E-state index in [1.165, 1.54) is 0 Å². The minimum Gasteiger partial charge on any atom is -0.450 e. The number of ether oxygens (including phenoxy) is 1. The molecule has 0 atom stereocenters. The Morgan fingerprint density at radius 1 is 1.36 bits per heavy atom. The molecule has 1 aliphatic rings. The van der Waals surface area contributed by atoms with Crippen LogP contribution in [0.15, 0.2) is 0 Å². The second-order valence-corrected chi connectivity index (χ2v) is 2.89. The van der Waals surface area contributed by atoms with Gasteiger partial charge in [-0.3, -0.25) is 0 Å². The number of hydrogen-bond donors (Lipinski definition) is 2. The predicted molar refractivity (Wildman–Crippen MR) is 40.1 cm³/mol. The Morgan fingerprint density at radius 2 is 1.86 bits per heavy atom. The summed E-state index contributed by atoms with van der Waals surface area (Å²) >= 11 is 0. The first kappa shape index (κ1) is 10.6. The molecule has 2 N–H and O–H groups in total. The van der Waals surface area contributed by atoms with Crippen LogP contribution in [0.4, 0.5) is 4.79 Å². The number of hydrogen-bond acceptors (Lipinski definition) is 5. The SMILES string of the molecule is O=C(O)OCC[N+]1(O)C(=O)CCC1=O. The maximum atomic E-state index is 11.1. The van der Waals surface area contributed by atoms with Gasteiger partial charge in [0.25, 0.3) is 0 Å². The van der Waals surface area contributed by atoms with E-state index in [1.54, 1.807) is 0 Å². The molecule has 0 bridgehead atoms. The molecule has 0 radical (unpaired) electrons. The van der Waals surface area contributed by atoms with E-state index in [2.05, 4.69) is 4.74 Å². The van der Waals surface area contributed by atoms with Crippen LogP contribution in [0, 0.1) is 0 Å². The molecule has 78 valence electrons. The molecule has 0 aromatic rings. The van der Waals surface area contributed by atoms with Crippen LogP contribution < -0.4 is 0 Å². The maximum absolute atomic E-state index is 11.1. The van der Waals surface area contributed by atoms with Gasteiger partial charge in [0.2, 0.25) is 0 Å². The summed E-state index contributed by atoms with van der Waals surface area (Å²) < 4.78 is 2.76. The number of nitrogens with zero attached hydrogens (tertiary/aromatic N) is 1. The number of rotatable bonds is 3. The lowest BCUT2D eigenvalue weighted by Crippen LogP contribution is -2.51. The van der Waals surface area contributed by atoms with Crippen LogP contribution in [-0.4, -0.2) is 46.1 Å². The smallest absolute Gasteiger partial charge is 0.450 e. The topological polar surface area (TPSA) is 101 Å². The Bertz CT molecular complexity index is 270. The Morgan fingerprint density at radius 3 is 2.29 bits per heavy atom. The molecule has 14 heavy (non-hydrogen) atoms. The zero-order chi connectivity index (χ0) is 10.8. The molecule has 0 aromatic carbocycles. The van der Waals surface area contributed by atoms with Crippen LogP contribution in [0.2, 0.25) is 0 Å². The van der Waals surface area contributed by atoms with Crippen molar-refractivity contribution in [2.24, 2.45) is 0 Å². The zero-order valence-electron chi connectivity index (χ0n) is 7.30. The maximum Gasteiger partial charge on any atom is 0.505 e. The second-order valence-electron chi connectivity index (χ2n) is 2.89. The summed E-state index contributed by atoms with van der Waals surface area (Å²) in [7, 11) is 0. The van der Waals surface area contributed by atoms with Gasteiger partial charge in [-0.05, 0) is 0 Å². The lowest BCUT2D eigenvalue weighted by Gasteiger charge is -2.18. The molecule has 7 nitrogen and oxygen atoms in total. The number of imide groups is 1. The van der Waals surface area contributed by atoms with E-state index >= 15 is 0 Å². The van der Waals surface area contributed by atoms with Gasteiger partial charge in [0.1, 0.15) is 6.61 Å². The van der Waals surface area contributed by atoms with E-state index in [0.717, 1.165) is 0 Å². The largest absolute Gasteiger partial charge is 0.505 e. The number of carbonyl (C=O) groups excluding carboxylic acids is 2. The fourth-order valence-electron chi connectivity index (χ4n) is 1.24. The summed E-state index contributed by atoms with van der Waals surface area (Å²) in [4.78, 5) is 32.1.